The molecule has 1 aromatic carbocycles. The molecule has 0 saturated heterocycles. The summed E-state index contributed by atoms with van der Waals surface area (Å²) in [5, 5.41) is 0. The van der Waals surface area contributed by atoms with E-state index in [-0.39, 0.29) is 42.5 Å². The van der Waals surface area contributed by atoms with Crippen molar-refractivity contribution in [2.75, 3.05) is 13.2 Å². The van der Waals surface area contributed by atoms with E-state index in [2.05, 4.69) is 20.8 Å². The summed E-state index contributed by atoms with van der Waals surface area (Å²) in [6.07, 6.45) is 5.07. The maximum atomic E-state index is 6.19. The topological polar surface area (TPSA) is 18.5 Å². The molecule has 1 unspecified atom stereocenters. The molecule has 0 amide bonds. The SMILES string of the molecule is CCCCCC(C)(C)C(COCC)Oc1ccccc1.[H-].[Na+]. The molecule has 0 saturated carbocycles. The van der Waals surface area contributed by atoms with Crippen LogP contribution in [0, 0.1) is 5.41 Å². The minimum Gasteiger partial charge on any atom is -1.00 e. The van der Waals surface area contributed by atoms with Gasteiger partial charge in [0.25, 0.3) is 0 Å². The van der Waals surface area contributed by atoms with Gasteiger partial charge in [-0.15, -0.1) is 0 Å². The van der Waals surface area contributed by atoms with Crippen molar-refractivity contribution < 1.29 is 40.5 Å². The van der Waals surface area contributed by atoms with Crippen molar-refractivity contribution in [1.29, 1.82) is 0 Å². The summed E-state index contributed by atoms with van der Waals surface area (Å²) in [4.78, 5) is 0. The molecule has 0 radical (unpaired) electrons. The molecular formula is C18H31NaO2. The number of hydrogen-bond acceptors (Lipinski definition) is 2. The summed E-state index contributed by atoms with van der Waals surface area (Å²) in [6, 6.07) is 10.1. The monoisotopic (exact) mass is 302 g/mol. The summed E-state index contributed by atoms with van der Waals surface area (Å²) in [5.74, 6) is 0.931. The molecule has 0 N–H and O–H groups in total. The van der Waals surface area contributed by atoms with E-state index in [0.717, 1.165) is 12.4 Å². The third kappa shape index (κ3) is 8.25. The van der Waals surface area contributed by atoms with Gasteiger partial charge in [-0.2, -0.15) is 0 Å². The Bertz CT molecular complexity index is 357. The van der Waals surface area contributed by atoms with Gasteiger partial charge in [0.2, 0.25) is 0 Å². The molecule has 0 fully saturated rings. The van der Waals surface area contributed by atoms with Crippen LogP contribution in [-0.2, 0) is 4.74 Å². The zero-order valence-electron chi connectivity index (χ0n) is 15.5. The summed E-state index contributed by atoms with van der Waals surface area (Å²) in [5.41, 5.74) is 0.125. The van der Waals surface area contributed by atoms with E-state index in [1.807, 2.05) is 37.3 Å². The first-order valence-corrected chi connectivity index (χ1v) is 7.89. The normalized spacial score (nSPS) is 12.6. The minimum atomic E-state index is 0. The number of para-hydroxylation sites is 1. The number of ether oxygens (including phenoxy) is 2. The number of rotatable bonds is 10. The number of hydrogen-bond donors (Lipinski definition) is 0. The molecule has 0 heterocycles. The Morgan fingerprint density at radius 2 is 1.76 bits per heavy atom. The van der Waals surface area contributed by atoms with Crippen LogP contribution in [0.4, 0.5) is 0 Å². The predicted octanol–water partition coefficient (Wildman–Crippen LogP) is 2.19. The van der Waals surface area contributed by atoms with Crippen LogP contribution in [0.3, 0.4) is 0 Å². The fourth-order valence-electron chi connectivity index (χ4n) is 2.30. The number of unbranched alkanes of at least 4 members (excludes halogenated alkanes) is 2. The van der Waals surface area contributed by atoms with Crippen molar-refractivity contribution in [3.63, 3.8) is 0 Å². The van der Waals surface area contributed by atoms with Gasteiger partial charge < -0.3 is 10.9 Å². The summed E-state index contributed by atoms with van der Waals surface area (Å²) < 4.78 is 11.8. The molecule has 3 heteroatoms. The molecule has 0 aliphatic rings. The second kappa shape index (κ2) is 11.5. The van der Waals surface area contributed by atoms with Crippen molar-refractivity contribution in [3.05, 3.63) is 30.3 Å². The second-order valence-corrected chi connectivity index (χ2v) is 6.02. The Hall–Kier alpha value is -0.0200. The van der Waals surface area contributed by atoms with Crippen LogP contribution in [0.15, 0.2) is 30.3 Å². The first kappa shape index (κ1) is 21.0. The van der Waals surface area contributed by atoms with Gasteiger partial charge in [-0.25, -0.2) is 0 Å². The Morgan fingerprint density at radius 3 is 2.33 bits per heavy atom. The van der Waals surface area contributed by atoms with Gasteiger partial charge in [0.15, 0.2) is 0 Å². The molecule has 21 heavy (non-hydrogen) atoms. The average molecular weight is 302 g/mol. The van der Waals surface area contributed by atoms with Gasteiger partial charge in [0.05, 0.1) is 6.61 Å². The Kier molecular flexibility index (Phi) is 11.5. The zero-order valence-corrected chi connectivity index (χ0v) is 16.5. The van der Waals surface area contributed by atoms with E-state index in [1.54, 1.807) is 0 Å². The Labute approximate surface area is 154 Å². The third-order valence-corrected chi connectivity index (χ3v) is 3.79. The first-order valence-electron chi connectivity index (χ1n) is 7.89. The van der Waals surface area contributed by atoms with E-state index in [4.69, 9.17) is 9.47 Å². The van der Waals surface area contributed by atoms with Crippen molar-refractivity contribution in [2.24, 2.45) is 5.41 Å². The summed E-state index contributed by atoms with van der Waals surface area (Å²) >= 11 is 0. The van der Waals surface area contributed by atoms with Crippen LogP contribution < -0.4 is 34.3 Å². The van der Waals surface area contributed by atoms with Crippen LogP contribution >= 0.6 is 0 Å². The maximum Gasteiger partial charge on any atom is 1.00 e. The molecule has 0 aliphatic heterocycles. The van der Waals surface area contributed by atoms with E-state index >= 15 is 0 Å². The third-order valence-electron chi connectivity index (χ3n) is 3.79. The van der Waals surface area contributed by atoms with Crippen LogP contribution in [-0.4, -0.2) is 19.3 Å². The van der Waals surface area contributed by atoms with Crippen molar-refractivity contribution in [3.8, 4) is 5.75 Å². The molecular weight excluding hydrogens is 271 g/mol. The fourth-order valence-corrected chi connectivity index (χ4v) is 2.30. The minimum absolute atomic E-state index is 0. The van der Waals surface area contributed by atoms with E-state index in [0.29, 0.717) is 6.61 Å². The van der Waals surface area contributed by atoms with E-state index in [9.17, 15) is 0 Å². The standard InChI is InChI=1S/C18H30O2.Na.H/c1-5-7-11-14-18(3,4)17(15-19-6-2)20-16-12-9-8-10-13-16;;/h8-10,12-13,17H,5-7,11,14-15H2,1-4H3;;/q;+1;-1. The number of benzene rings is 1. The van der Waals surface area contributed by atoms with Crippen LogP contribution in [0.25, 0.3) is 0 Å². The predicted molar refractivity (Wildman–Crippen MR) is 86.4 cm³/mol. The molecule has 1 atom stereocenters. The van der Waals surface area contributed by atoms with E-state index in [1.165, 1.54) is 25.7 Å². The second-order valence-electron chi connectivity index (χ2n) is 6.02. The van der Waals surface area contributed by atoms with Crippen LogP contribution in [0.1, 0.15) is 54.8 Å². The van der Waals surface area contributed by atoms with Gasteiger partial charge in [-0.05, 0) is 25.5 Å². The maximum absolute atomic E-state index is 6.19. The quantitative estimate of drug-likeness (QED) is 0.487. The van der Waals surface area contributed by atoms with Gasteiger partial charge >= 0.3 is 29.6 Å². The largest absolute Gasteiger partial charge is 1.00 e. The summed E-state index contributed by atoms with van der Waals surface area (Å²) in [7, 11) is 0. The molecule has 1 aromatic rings. The van der Waals surface area contributed by atoms with Crippen molar-refractivity contribution >= 4 is 0 Å². The van der Waals surface area contributed by atoms with Gasteiger partial charge in [0.1, 0.15) is 11.9 Å². The van der Waals surface area contributed by atoms with Gasteiger partial charge in [-0.1, -0.05) is 58.2 Å². The Balaban J connectivity index is 0. The smallest absolute Gasteiger partial charge is 1.00 e. The zero-order chi connectivity index (χ0) is 14.8. The fraction of sp³-hybridized carbons (Fsp3) is 0.667. The first-order chi connectivity index (χ1) is 9.60. The molecule has 0 aliphatic carbocycles. The van der Waals surface area contributed by atoms with Crippen molar-refractivity contribution in [1.82, 2.24) is 0 Å². The van der Waals surface area contributed by atoms with Crippen LogP contribution in [0.5, 0.6) is 5.75 Å². The summed E-state index contributed by atoms with van der Waals surface area (Å²) in [6.45, 7) is 10.2. The van der Waals surface area contributed by atoms with Crippen molar-refractivity contribution in [2.45, 2.75) is 59.5 Å². The Morgan fingerprint density at radius 1 is 1.10 bits per heavy atom. The molecule has 0 spiro atoms. The van der Waals surface area contributed by atoms with E-state index < -0.39 is 0 Å². The van der Waals surface area contributed by atoms with Gasteiger partial charge in [0, 0.05) is 12.0 Å². The van der Waals surface area contributed by atoms with Crippen LogP contribution in [0.2, 0.25) is 0 Å². The molecule has 0 bridgehead atoms. The molecule has 116 valence electrons. The molecule has 2 nitrogen and oxygen atoms in total. The molecule has 0 aromatic heterocycles. The molecule has 1 rings (SSSR count). The van der Waals surface area contributed by atoms with Gasteiger partial charge in [-0.3, -0.25) is 0 Å². The average Bonchev–Trinajstić information content (AvgIpc) is 2.44.